The number of hydrogen-bond donors (Lipinski definition) is 2. The molecule has 0 aliphatic heterocycles. The van der Waals surface area contributed by atoms with Crippen LogP contribution in [0.1, 0.15) is 44.0 Å². The summed E-state index contributed by atoms with van der Waals surface area (Å²) in [6.45, 7) is 4.24. The predicted octanol–water partition coefficient (Wildman–Crippen LogP) is 3.04. The molecular weight excluding hydrogens is 222 g/mol. The third kappa shape index (κ3) is 3.94. The van der Waals surface area contributed by atoms with Crippen molar-refractivity contribution in [3.63, 3.8) is 0 Å². The van der Waals surface area contributed by atoms with Gasteiger partial charge < -0.3 is 10.4 Å². The maximum Gasteiger partial charge on any atom is 0.305 e. The lowest BCUT2D eigenvalue weighted by molar-refractivity contribution is -0.137. The maximum absolute atomic E-state index is 10.8. The first kappa shape index (κ1) is 13.2. The van der Waals surface area contributed by atoms with Gasteiger partial charge in [-0.1, -0.05) is 19.9 Å². The molecule has 0 saturated heterocycles. The summed E-state index contributed by atoms with van der Waals surface area (Å²) in [4.78, 5) is 11.9. The number of carboxylic acid groups (broad SMARTS) is 1. The van der Waals surface area contributed by atoms with Crippen molar-refractivity contribution >= 4 is 17.3 Å². The van der Waals surface area contributed by atoms with Gasteiger partial charge in [-0.15, -0.1) is 11.3 Å². The van der Waals surface area contributed by atoms with Crippen molar-refractivity contribution in [1.82, 2.24) is 5.32 Å². The highest BCUT2D eigenvalue weighted by molar-refractivity contribution is 7.10. The minimum Gasteiger partial charge on any atom is -0.481 e. The average molecular weight is 241 g/mol. The van der Waals surface area contributed by atoms with Gasteiger partial charge >= 0.3 is 5.97 Å². The SMILES string of the molecule is CCC(CC)NC(CC(=O)O)c1cccs1. The molecule has 0 fully saturated rings. The molecule has 0 radical (unpaired) electrons. The highest BCUT2D eigenvalue weighted by Crippen LogP contribution is 2.23. The molecule has 2 N–H and O–H groups in total. The van der Waals surface area contributed by atoms with Gasteiger partial charge in [0.2, 0.25) is 0 Å². The molecule has 0 aliphatic carbocycles. The van der Waals surface area contributed by atoms with Crippen LogP contribution < -0.4 is 5.32 Å². The molecule has 0 bridgehead atoms. The van der Waals surface area contributed by atoms with Crippen LogP contribution in [0.25, 0.3) is 0 Å². The molecular formula is C12H19NO2S. The molecule has 1 unspecified atom stereocenters. The lowest BCUT2D eigenvalue weighted by atomic mass is 10.1. The molecule has 0 aromatic carbocycles. The van der Waals surface area contributed by atoms with E-state index in [1.54, 1.807) is 11.3 Å². The van der Waals surface area contributed by atoms with E-state index < -0.39 is 5.97 Å². The molecule has 90 valence electrons. The fraction of sp³-hybridized carbons (Fsp3) is 0.583. The van der Waals surface area contributed by atoms with Gasteiger partial charge in [0.1, 0.15) is 0 Å². The van der Waals surface area contributed by atoms with Crippen LogP contribution in [0.4, 0.5) is 0 Å². The van der Waals surface area contributed by atoms with Crippen LogP contribution in [0, 0.1) is 0 Å². The Hall–Kier alpha value is -0.870. The molecule has 0 amide bonds. The molecule has 0 spiro atoms. The van der Waals surface area contributed by atoms with Crippen molar-refractivity contribution in [2.75, 3.05) is 0 Å². The highest BCUT2D eigenvalue weighted by Gasteiger charge is 2.18. The first-order valence-corrected chi connectivity index (χ1v) is 6.56. The Morgan fingerprint density at radius 3 is 2.62 bits per heavy atom. The van der Waals surface area contributed by atoms with Gasteiger partial charge in [0, 0.05) is 10.9 Å². The number of thiophene rings is 1. The van der Waals surface area contributed by atoms with Crippen molar-refractivity contribution in [3.8, 4) is 0 Å². The van der Waals surface area contributed by atoms with E-state index >= 15 is 0 Å². The molecule has 4 heteroatoms. The Labute approximate surface area is 100 Å². The van der Waals surface area contributed by atoms with Crippen molar-refractivity contribution in [2.45, 2.75) is 45.2 Å². The Morgan fingerprint density at radius 1 is 1.50 bits per heavy atom. The van der Waals surface area contributed by atoms with E-state index in [0.29, 0.717) is 6.04 Å². The molecule has 0 aliphatic rings. The van der Waals surface area contributed by atoms with Gasteiger partial charge in [0.05, 0.1) is 12.5 Å². The smallest absolute Gasteiger partial charge is 0.305 e. The molecule has 1 heterocycles. The van der Waals surface area contributed by atoms with Crippen LogP contribution in [0.2, 0.25) is 0 Å². The summed E-state index contributed by atoms with van der Waals surface area (Å²) in [5.74, 6) is -0.753. The fourth-order valence-electron chi connectivity index (χ4n) is 1.71. The largest absolute Gasteiger partial charge is 0.481 e. The minimum absolute atomic E-state index is 0.0533. The van der Waals surface area contributed by atoms with Gasteiger partial charge in [-0.25, -0.2) is 0 Å². The molecule has 3 nitrogen and oxygen atoms in total. The Bertz CT molecular complexity index is 307. The number of hydrogen-bond acceptors (Lipinski definition) is 3. The molecule has 16 heavy (non-hydrogen) atoms. The summed E-state index contributed by atoms with van der Waals surface area (Å²) in [7, 11) is 0. The van der Waals surface area contributed by atoms with Crippen LogP contribution in [0.15, 0.2) is 17.5 Å². The lowest BCUT2D eigenvalue weighted by Crippen LogP contribution is -2.32. The van der Waals surface area contributed by atoms with Gasteiger partial charge in [-0.05, 0) is 24.3 Å². The summed E-state index contributed by atoms with van der Waals surface area (Å²) >= 11 is 1.61. The zero-order chi connectivity index (χ0) is 12.0. The summed E-state index contributed by atoms with van der Waals surface area (Å²) in [5, 5.41) is 14.3. The van der Waals surface area contributed by atoms with Crippen LogP contribution >= 0.6 is 11.3 Å². The van der Waals surface area contributed by atoms with Gasteiger partial charge in [-0.2, -0.15) is 0 Å². The van der Waals surface area contributed by atoms with E-state index in [0.717, 1.165) is 17.7 Å². The Kier molecular flexibility index (Phi) is 5.49. The number of aliphatic carboxylic acids is 1. The van der Waals surface area contributed by atoms with Gasteiger partial charge in [0.25, 0.3) is 0 Å². The number of rotatable bonds is 7. The summed E-state index contributed by atoms with van der Waals surface area (Å²) in [5.41, 5.74) is 0. The molecule has 1 aromatic heterocycles. The predicted molar refractivity (Wildman–Crippen MR) is 66.8 cm³/mol. The maximum atomic E-state index is 10.8. The van der Waals surface area contributed by atoms with Gasteiger partial charge in [0.15, 0.2) is 0 Å². The summed E-state index contributed by atoms with van der Waals surface area (Å²) < 4.78 is 0. The lowest BCUT2D eigenvalue weighted by Gasteiger charge is -2.22. The molecule has 1 atom stereocenters. The summed E-state index contributed by atoms with van der Waals surface area (Å²) in [6, 6.07) is 4.30. The second kappa shape index (κ2) is 6.66. The van der Waals surface area contributed by atoms with Crippen LogP contribution in [-0.2, 0) is 4.79 Å². The standard InChI is InChI=1S/C12H19NO2S/c1-3-9(4-2)13-10(8-12(14)15)11-6-5-7-16-11/h5-7,9-10,13H,3-4,8H2,1-2H3,(H,14,15). The van der Waals surface area contributed by atoms with Crippen LogP contribution in [0.5, 0.6) is 0 Å². The van der Waals surface area contributed by atoms with E-state index in [4.69, 9.17) is 5.11 Å². The number of nitrogens with one attached hydrogen (secondary N) is 1. The molecule has 0 saturated carbocycles. The third-order valence-corrected chi connectivity index (χ3v) is 3.67. The van der Waals surface area contributed by atoms with E-state index in [2.05, 4.69) is 19.2 Å². The minimum atomic E-state index is -0.753. The topological polar surface area (TPSA) is 49.3 Å². The monoisotopic (exact) mass is 241 g/mol. The normalized spacial score (nSPS) is 12.9. The number of carboxylic acids is 1. The van der Waals surface area contributed by atoms with Crippen molar-refractivity contribution in [1.29, 1.82) is 0 Å². The van der Waals surface area contributed by atoms with Crippen molar-refractivity contribution in [3.05, 3.63) is 22.4 Å². The van der Waals surface area contributed by atoms with Crippen molar-refractivity contribution < 1.29 is 9.90 Å². The third-order valence-electron chi connectivity index (χ3n) is 2.69. The fourth-order valence-corrected chi connectivity index (χ4v) is 2.50. The van der Waals surface area contributed by atoms with E-state index in [1.165, 1.54) is 0 Å². The quantitative estimate of drug-likeness (QED) is 0.771. The summed E-state index contributed by atoms with van der Waals surface area (Å²) in [6.07, 6.45) is 2.20. The first-order valence-electron chi connectivity index (χ1n) is 5.68. The Morgan fingerprint density at radius 2 is 2.19 bits per heavy atom. The van der Waals surface area contributed by atoms with Crippen molar-refractivity contribution in [2.24, 2.45) is 0 Å². The molecule has 1 rings (SSSR count). The zero-order valence-electron chi connectivity index (χ0n) is 9.77. The average Bonchev–Trinajstić information content (AvgIpc) is 2.76. The first-order chi connectivity index (χ1) is 7.67. The second-order valence-electron chi connectivity index (χ2n) is 3.85. The van der Waals surface area contributed by atoms with E-state index in [-0.39, 0.29) is 12.5 Å². The zero-order valence-corrected chi connectivity index (χ0v) is 10.6. The highest BCUT2D eigenvalue weighted by atomic mass is 32.1. The Balaban J connectivity index is 2.68. The van der Waals surface area contributed by atoms with E-state index in [9.17, 15) is 4.79 Å². The van der Waals surface area contributed by atoms with E-state index in [1.807, 2.05) is 17.5 Å². The second-order valence-corrected chi connectivity index (χ2v) is 4.83. The number of carbonyl (C=O) groups is 1. The van der Waals surface area contributed by atoms with Crippen LogP contribution in [0.3, 0.4) is 0 Å². The van der Waals surface area contributed by atoms with Crippen LogP contribution in [-0.4, -0.2) is 17.1 Å². The molecule has 1 aromatic rings. The van der Waals surface area contributed by atoms with Gasteiger partial charge in [-0.3, -0.25) is 4.79 Å².